The molecule has 0 saturated carbocycles. The Morgan fingerprint density at radius 2 is 1.67 bits per heavy atom. The molecule has 0 aromatic heterocycles. The molecule has 0 aliphatic rings. The first kappa shape index (κ1) is 12.4. The van der Waals surface area contributed by atoms with Gasteiger partial charge in [-0.1, -0.05) is 60.7 Å². The third kappa shape index (κ3) is 3.75. The lowest BCUT2D eigenvalue weighted by molar-refractivity contribution is 0.465. The van der Waals surface area contributed by atoms with Crippen molar-refractivity contribution in [3.05, 3.63) is 71.8 Å². The molecule has 0 fully saturated rings. The molecule has 0 aliphatic heterocycles. The second kappa shape index (κ2) is 6.62. The van der Waals surface area contributed by atoms with Crippen LogP contribution in [0.15, 0.2) is 60.7 Å². The molecule has 2 N–H and O–H groups in total. The second-order valence-electron chi connectivity index (χ2n) is 4.07. The molecule has 0 atom stereocenters. The molecule has 2 aromatic rings. The normalized spacial score (nSPS) is 10.9. The number of rotatable bonds is 5. The predicted molar refractivity (Wildman–Crippen MR) is 75.3 cm³/mol. The van der Waals surface area contributed by atoms with Crippen molar-refractivity contribution in [1.29, 1.82) is 0 Å². The highest BCUT2D eigenvalue weighted by Gasteiger charge is 1.96. The van der Waals surface area contributed by atoms with Crippen molar-refractivity contribution < 1.29 is 5.11 Å². The summed E-state index contributed by atoms with van der Waals surface area (Å²) in [5.41, 5.74) is 2.12. The molecule has 0 saturated heterocycles. The lowest BCUT2D eigenvalue weighted by atomic mass is 10.2. The Hall–Kier alpha value is -2.06. The molecule has 0 unspecified atom stereocenters. The van der Waals surface area contributed by atoms with Gasteiger partial charge in [0.25, 0.3) is 0 Å². The molecule has 0 heterocycles. The molecule has 2 heteroatoms. The standard InChI is InChI=1S/C16H17NO/c18-16-11-5-4-10-15(16)13-17-12-6-9-14-7-2-1-3-8-14/h1-11,17-18H,12-13H2/b9-6+. The summed E-state index contributed by atoms with van der Waals surface area (Å²) in [6.45, 7) is 1.45. The first-order valence-electron chi connectivity index (χ1n) is 6.05. The SMILES string of the molecule is Oc1ccccc1CNC/C=C/c1ccccc1. The summed E-state index contributed by atoms with van der Waals surface area (Å²) in [5, 5.41) is 12.9. The Morgan fingerprint density at radius 3 is 2.44 bits per heavy atom. The van der Waals surface area contributed by atoms with Crippen LogP contribution in [-0.4, -0.2) is 11.7 Å². The van der Waals surface area contributed by atoms with Gasteiger partial charge in [0.1, 0.15) is 5.75 Å². The number of benzene rings is 2. The fourth-order valence-electron chi connectivity index (χ4n) is 1.71. The van der Waals surface area contributed by atoms with Gasteiger partial charge in [-0.15, -0.1) is 0 Å². The quantitative estimate of drug-likeness (QED) is 0.785. The van der Waals surface area contributed by atoms with E-state index in [9.17, 15) is 5.11 Å². The molecule has 0 radical (unpaired) electrons. The summed E-state index contributed by atoms with van der Waals surface area (Å²) in [4.78, 5) is 0. The molecule has 2 aromatic carbocycles. The molecule has 0 amide bonds. The van der Waals surface area contributed by atoms with Crippen LogP contribution in [-0.2, 0) is 6.54 Å². The second-order valence-corrected chi connectivity index (χ2v) is 4.07. The van der Waals surface area contributed by atoms with E-state index < -0.39 is 0 Å². The van der Waals surface area contributed by atoms with Crippen molar-refractivity contribution in [2.45, 2.75) is 6.54 Å². The van der Waals surface area contributed by atoms with Crippen LogP contribution in [0.25, 0.3) is 6.08 Å². The van der Waals surface area contributed by atoms with Crippen LogP contribution in [0, 0.1) is 0 Å². The average molecular weight is 239 g/mol. The van der Waals surface area contributed by atoms with Crippen LogP contribution in [0.5, 0.6) is 5.75 Å². The fraction of sp³-hybridized carbons (Fsp3) is 0.125. The van der Waals surface area contributed by atoms with Gasteiger partial charge in [-0.25, -0.2) is 0 Å². The summed E-state index contributed by atoms with van der Waals surface area (Å²) < 4.78 is 0. The van der Waals surface area contributed by atoms with Gasteiger partial charge in [-0.05, 0) is 11.6 Å². The van der Waals surface area contributed by atoms with Crippen molar-refractivity contribution in [3.63, 3.8) is 0 Å². The predicted octanol–water partition coefficient (Wildman–Crippen LogP) is 3.20. The summed E-state index contributed by atoms with van der Waals surface area (Å²) in [6, 6.07) is 17.6. The average Bonchev–Trinajstić information content (AvgIpc) is 2.42. The minimum Gasteiger partial charge on any atom is -0.508 e. The monoisotopic (exact) mass is 239 g/mol. The topological polar surface area (TPSA) is 32.3 Å². The van der Waals surface area contributed by atoms with Crippen LogP contribution in [0.2, 0.25) is 0 Å². The summed E-state index contributed by atoms with van der Waals surface area (Å²) in [6.07, 6.45) is 4.16. The summed E-state index contributed by atoms with van der Waals surface area (Å²) >= 11 is 0. The Labute approximate surface area is 108 Å². The Bertz CT molecular complexity index is 506. The smallest absolute Gasteiger partial charge is 0.120 e. The maximum absolute atomic E-state index is 9.59. The van der Waals surface area contributed by atoms with E-state index in [0.29, 0.717) is 12.3 Å². The molecular formula is C16H17NO. The minimum absolute atomic E-state index is 0.344. The first-order chi connectivity index (χ1) is 8.86. The number of nitrogens with one attached hydrogen (secondary N) is 1. The van der Waals surface area contributed by atoms with Crippen LogP contribution in [0.4, 0.5) is 0 Å². The highest BCUT2D eigenvalue weighted by atomic mass is 16.3. The van der Waals surface area contributed by atoms with Gasteiger partial charge in [0, 0.05) is 18.7 Å². The number of hydrogen-bond acceptors (Lipinski definition) is 2. The minimum atomic E-state index is 0.344. The molecule has 0 aliphatic carbocycles. The Morgan fingerprint density at radius 1 is 0.944 bits per heavy atom. The van der Waals surface area contributed by atoms with E-state index >= 15 is 0 Å². The Kier molecular flexibility index (Phi) is 4.56. The van der Waals surface area contributed by atoms with Crippen LogP contribution in [0.1, 0.15) is 11.1 Å². The first-order valence-corrected chi connectivity index (χ1v) is 6.05. The van der Waals surface area contributed by atoms with Crippen molar-refractivity contribution in [2.24, 2.45) is 0 Å². The number of hydrogen-bond donors (Lipinski definition) is 2. The van der Waals surface area contributed by atoms with Crippen molar-refractivity contribution >= 4 is 6.08 Å². The summed E-state index contributed by atoms with van der Waals surface area (Å²) in [5.74, 6) is 0.344. The van der Waals surface area contributed by atoms with E-state index in [1.165, 1.54) is 5.56 Å². The van der Waals surface area contributed by atoms with Crippen LogP contribution in [0.3, 0.4) is 0 Å². The number of phenolic OH excluding ortho intramolecular Hbond substituents is 1. The zero-order valence-corrected chi connectivity index (χ0v) is 10.2. The third-order valence-corrected chi connectivity index (χ3v) is 2.68. The highest BCUT2D eigenvalue weighted by molar-refractivity contribution is 5.48. The third-order valence-electron chi connectivity index (χ3n) is 2.68. The van der Waals surface area contributed by atoms with Gasteiger partial charge in [-0.3, -0.25) is 0 Å². The molecule has 2 nitrogen and oxygen atoms in total. The van der Waals surface area contributed by atoms with E-state index in [1.807, 2.05) is 36.4 Å². The van der Waals surface area contributed by atoms with Crippen LogP contribution < -0.4 is 5.32 Å². The van der Waals surface area contributed by atoms with Crippen molar-refractivity contribution in [2.75, 3.05) is 6.54 Å². The van der Waals surface area contributed by atoms with Gasteiger partial charge in [-0.2, -0.15) is 0 Å². The molecule has 0 bridgehead atoms. The van der Waals surface area contributed by atoms with E-state index in [1.54, 1.807) is 6.07 Å². The number of para-hydroxylation sites is 1. The lowest BCUT2D eigenvalue weighted by Gasteiger charge is -2.04. The van der Waals surface area contributed by atoms with Gasteiger partial charge in [0.05, 0.1) is 0 Å². The maximum Gasteiger partial charge on any atom is 0.120 e. The molecular weight excluding hydrogens is 222 g/mol. The summed E-state index contributed by atoms with van der Waals surface area (Å²) in [7, 11) is 0. The van der Waals surface area contributed by atoms with Crippen molar-refractivity contribution in [3.8, 4) is 5.75 Å². The van der Waals surface area contributed by atoms with Crippen molar-refractivity contribution in [1.82, 2.24) is 5.32 Å². The van der Waals surface area contributed by atoms with E-state index in [0.717, 1.165) is 12.1 Å². The van der Waals surface area contributed by atoms with E-state index in [4.69, 9.17) is 0 Å². The lowest BCUT2D eigenvalue weighted by Crippen LogP contribution is -2.12. The maximum atomic E-state index is 9.59. The number of phenols is 1. The molecule has 92 valence electrons. The van der Waals surface area contributed by atoms with Gasteiger partial charge in [0.2, 0.25) is 0 Å². The van der Waals surface area contributed by atoms with Gasteiger partial charge >= 0.3 is 0 Å². The molecule has 18 heavy (non-hydrogen) atoms. The van der Waals surface area contributed by atoms with Crippen LogP contribution >= 0.6 is 0 Å². The largest absolute Gasteiger partial charge is 0.508 e. The fourth-order valence-corrected chi connectivity index (χ4v) is 1.71. The molecule has 2 rings (SSSR count). The van der Waals surface area contributed by atoms with E-state index in [-0.39, 0.29) is 0 Å². The number of aromatic hydroxyl groups is 1. The highest BCUT2D eigenvalue weighted by Crippen LogP contribution is 2.14. The molecule has 0 spiro atoms. The van der Waals surface area contributed by atoms with Gasteiger partial charge < -0.3 is 10.4 Å². The zero-order valence-electron chi connectivity index (χ0n) is 10.2. The van der Waals surface area contributed by atoms with Gasteiger partial charge in [0.15, 0.2) is 0 Å². The zero-order chi connectivity index (χ0) is 12.6. The Balaban J connectivity index is 1.77. The van der Waals surface area contributed by atoms with E-state index in [2.05, 4.69) is 29.6 Å².